The fraction of sp³-hybridized carbons (Fsp3) is 0.350. The molecule has 0 saturated carbocycles. The van der Waals surface area contributed by atoms with Crippen molar-refractivity contribution in [2.45, 2.75) is 26.4 Å². The molecule has 6 heteroatoms. The lowest BCUT2D eigenvalue weighted by atomic mass is 10.0. The number of anilines is 1. The first-order valence-corrected chi connectivity index (χ1v) is 8.32. The number of ether oxygens (including phenoxy) is 4. The normalized spacial score (nSPS) is 11.6. The van der Waals surface area contributed by atoms with Crippen LogP contribution < -0.4 is 24.7 Å². The molecule has 0 amide bonds. The maximum absolute atomic E-state index is 13.1. The highest BCUT2D eigenvalue weighted by Gasteiger charge is 2.26. The molecule has 2 aromatic carbocycles. The van der Waals surface area contributed by atoms with E-state index >= 15 is 0 Å². The van der Waals surface area contributed by atoms with E-state index in [1.165, 1.54) is 21.3 Å². The van der Waals surface area contributed by atoms with Gasteiger partial charge in [0.1, 0.15) is 11.5 Å². The minimum absolute atomic E-state index is 0.217. The van der Waals surface area contributed by atoms with E-state index in [4.69, 9.17) is 24.7 Å². The maximum Gasteiger partial charge on any atom is 0.207 e. The Kier molecular flexibility index (Phi) is 6.33. The van der Waals surface area contributed by atoms with E-state index in [9.17, 15) is 4.79 Å². The first kappa shape index (κ1) is 19.4. The molecule has 0 heterocycles. The first-order valence-electron chi connectivity index (χ1n) is 8.32. The largest absolute Gasteiger partial charge is 0.496 e. The lowest BCUT2D eigenvalue weighted by Crippen LogP contribution is -2.27. The Morgan fingerprint density at radius 1 is 0.962 bits per heavy atom. The Labute approximate surface area is 153 Å². The molecule has 0 aliphatic carbocycles. The van der Waals surface area contributed by atoms with Crippen molar-refractivity contribution in [3.63, 3.8) is 0 Å². The number of rotatable bonds is 8. The van der Waals surface area contributed by atoms with Crippen molar-refractivity contribution in [1.82, 2.24) is 0 Å². The fourth-order valence-electron chi connectivity index (χ4n) is 2.65. The van der Waals surface area contributed by atoms with Gasteiger partial charge in [0.25, 0.3) is 0 Å². The minimum Gasteiger partial charge on any atom is -0.496 e. The molecule has 2 aromatic rings. The van der Waals surface area contributed by atoms with E-state index < -0.39 is 6.10 Å². The zero-order valence-corrected chi connectivity index (χ0v) is 15.8. The molecular weight excluding hydrogens is 334 g/mol. The number of nitrogens with two attached hydrogens (primary N) is 1. The third kappa shape index (κ3) is 4.02. The topological polar surface area (TPSA) is 80.0 Å². The molecule has 0 aliphatic rings. The van der Waals surface area contributed by atoms with Crippen LogP contribution in [0.5, 0.6) is 23.0 Å². The van der Waals surface area contributed by atoms with Gasteiger partial charge in [-0.05, 0) is 37.1 Å². The van der Waals surface area contributed by atoms with Crippen LogP contribution in [0.1, 0.15) is 29.3 Å². The highest BCUT2D eigenvalue weighted by molar-refractivity contribution is 6.02. The standard InChI is InChI=1S/C20H25NO5/c1-6-15(26-16-8-7-12(2)9-14(16)21)20(22)13-10-18(24-4)19(25-5)11-17(13)23-3/h7-11,15H,6,21H2,1-5H3. The van der Waals surface area contributed by atoms with Gasteiger partial charge in [0.2, 0.25) is 5.78 Å². The van der Waals surface area contributed by atoms with Gasteiger partial charge in [0, 0.05) is 6.07 Å². The van der Waals surface area contributed by atoms with Crippen molar-refractivity contribution >= 4 is 11.5 Å². The minimum atomic E-state index is -0.702. The Bertz CT molecular complexity index is 788. The Morgan fingerprint density at radius 3 is 2.12 bits per heavy atom. The lowest BCUT2D eigenvalue weighted by Gasteiger charge is -2.20. The van der Waals surface area contributed by atoms with Crippen LogP contribution in [0, 0.1) is 6.92 Å². The molecule has 26 heavy (non-hydrogen) atoms. The molecule has 2 N–H and O–H groups in total. The lowest BCUT2D eigenvalue weighted by molar-refractivity contribution is 0.0784. The van der Waals surface area contributed by atoms with Gasteiger partial charge >= 0.3 is 0 Å². The molecule has 0 fully saturated rings. The summed E-state index contributed by atoms with van der Waals surface area (Å²) in [5.41, 5.74) is 7.89. The maximum atomic E-state index is 13.1. The molecule has 140 valence electrons. The monoisotopic (exact) mass is 359 g/mol. The van der Waals surface area contributed by atoms with Crippen molar-refractivity contribution in [2.24, 2.45) is 0 Å². The predicted octanol–water partition coefficient (Wildman–Crippen LogP) is 3.64. The van der Waals surface area contributed by atoms with Crippen LogP contribution in [0.2, 0.25) is 0 Å². The number of carbonyl (C=O) groups is 1. The molecule has 0 radical (unpaired) electrons. The second kappa shape index (κ2) is 8.47. The summed E-state index contributed by atoms with van der Waals surface area (Å²) in [6.07, 6.45) is -0.226. The number of nitrogen functional groups attached to an aromatic ring is 1. The van der Waals surface area contributed by atoms with Crippen LogP contribution in [0.15, 0.2) is 30.3 Å². The average Bonchev–Trinajstić information content (AvgIpc) is 2.65. The predicted molar refractivity (Wildman–Crippen MR) is 101 cm³/mol. The summed E-state index contributed by atoms with van der Waals surface area (Å²) < 4.78 is 21.8. The van der Waals surface area contributed by atoms with Crippen LogP contribution in [-0.4, -0.2) is 33.2 Å². The van der Waals surface area contributed by atoms with Gasteiger partial charge in [0.05, 0.1) is 32.6 Å². The van der Waals surface area contributed by atoms with E-state index in [0.717, 1.165) is 5.56 Å². The quantitative estimate of drug-likeness (QED) is 0.572. The summed E-state index contributed by atoms with van der Waals surface area (Å²) in [4.78, 5) is 13.1. The molecule has 0 aromatic heterocycles. The third-order valence-corrected chi connectivity index (χ3v) is 4.07. The number of hydrogen-bond acceptors (Lipinski definition) is 6. The second-order valence-corrected chi connectivity index (χ2v) is 5.83. The number of Topliss-reactive ketones (excluding diaryl/α,β-unsaturated/α-hetero) is 1. The van der Waals surface area contributed by atoms with Gasteiger partial charge in [-0.1, -0.05) is 13.0 Å². The smallest absolute Gasteiger partial charge is 0.207 e. The first-order chi connectivity index (χ1) is 12.4. The van der Waals surface area contributed by atoms with E-state index in [2.05, 4.69) is 0 Å². The van der Waals surface area contributed by atoms with Crippen LogP contribution in [-0.2, 0) is 0 Å². The second-order valence-electron chi connectivity index (χ2n) is 5.83. The van der Waals surface area contributed by atoms with Gasteiger partial charge in [-0.15, -0.1) is 0 Å². The highest BCUT2D eigenvalue weighted by Crippen LogP contribution is 2.36. The summed E-state index contributed by atoms with van der Waals surface area (Å²) >= 11 is 0. The Morgan fingerprint density at radius 2 is 1.58 bits per heavy atom. The Hall–Kier alpha value is -2.89. The van der Waals surface area contributed by atoms with Crippen LogP contribution in [0.25, 0.3) is 0 Å². The van der Waals surface area contributed by atoms with Gasteiger partial charge in [-0.3, -0.25) is 4.79 Å². The molecule has 2 rings (SSSR count). The molecule has 0 saturated heterocycles. The van der Waals surface area contributed by atoms with Crippen LogP contribution in [0.4, 0.5) is 5.69 Å². The van der Waals surface area contributed by atoms with E-state index in [1.54, 1.807) is 18.2 Å². The molecule has 0 aliphatic heterocycles. The number of carbonyl (C=O) groups excluding carboxylic acids is 1. The van der Waals surface area contributed by atoms with Crippen molar-refractivity contribution in [3.05, 3.63) is 41.5 Å². The summed E-state index contributed by atoms with van der Waals surface area (Å²) in [7, 11) is 4.54. The molecule has 1 atom stereocenters. The van der Waals surface area contributed by atoms with Crippen LogP contribution >= 0.6 is 0 Å². The summed E-state index contributed by atoms with van der Waals surface area (Å²) in [5, 5.41) is 0. The molecule has 1 unspecified atom stereocenters. The van der Waals surface area contributed by atoms with E-state index in [-0.39, 0.29) is 5.78 Å². The van der Waals surface area contributed by atoms with Crippen molar-refractivity contribution in [3.8, 4) is 23.0 Å². The zero-order chi connectivity index (χ0) is 19.3. The van der Waals surface area contributed by atoms with Crippen LogP contribution in [0.3, 0.4) is 0 Å². The summed E-state index contributed by atoms with van der Waals surface area (Å²) in [5.74, 6) is 1.59. The van der Waals surface area contributed by atoms with Gasteiger partial charge < -0.3 is 24.7 Å². The van der Waals surface area contributed by atoms with Gasteiger partial charge in [0.15, 0.2) is 17.6 Å². The van der Waals surface area contributed by atoms with Crippen molar-refractivity contribution < 1.29 is 23.7 Å². The summed E-state index contributed by atoms with van der Waals surface area (Å²) in [6, 6.07) is 8.69. The average molecular weight is 359 g/mol. The van der Waals surface area contributed by atoms with Crippen molar-refractivity contribution in [1.29, 1.82) is 0 Å². The van der Waals surface area contributed by atoms with Crippen molar-refractivity contribution in [2.75, 3.05) is 27.1 Å². The zero-order valence-electron chi connectivity index (χ0n) is 15.8. The Balaban J connectivity index is 2.38. The fourth-order valence-corrected chi connectivity index (χ4v) is 2.65. The van der Waals surface area contributed by atoms with E-state index in [0.29, 0.717) is 40.7 Å². The molecule has 0 bridgehead atoms. The third-order valence-electron chi connectivity index (χ3n) is 4.07. The summed E-state index contributed by atoms with van der Waals surface area (Å²) in [6.45, 7) is 3.82. The number of hydrogen-bond donors (Lipinski definition) is 1. The highest BCUT2D eigenvalue weighted by atomic mass is 16.5. The number of methoxy groups -OCH3 is 3. The molecular formula is C20H25NO5. The SMILES string of the molecule is CCC(Oc1ccc(C)cc1N)C(=O)c1cc(OC)c(OC)cc1OC. The van der Waals surface area contributed by atoms with Gasteiger partial charge in [-0.25, -0.2) is 0 Å². The number of ketones is 1. The molecule has 0 spiro atoms. The number of aryl methyl sites for hydroxylation is 1. The molecule has 6 nitrogen and oxygen atoms in total. The number of benzene rings is 2. The van der Waals surface area contributed by atoms with Gasteiger partial charge in [-0.2, -0.15) is 0 Å². The van der Waals surface area contributed by atoms with E-state index in [1.807, 2.05) is 26.0 Å².